The second-order valence-electron chi connectivity index (χ2n) is 9.05. The van der Waals surface area contributed by atoms with Gasteiger partial charge in [-0.25, -0.2) is 0 Å². The highest BCUT2D eigenvalue weighted by atomic mass is 32.1. The summed E-state index contributed by atoms with van der Waals surface area (Å²) in [7, 11) is 0. The van der Waals surface area contributed by atoms with Crippen LogP contribution in [0, 0.1) is 0 Å². The molecule has 0 aliphatic carbocycles. The Morgan fingerprint density at radius 1 is 0.500 bits per heavy atom. The van der Waals surface area contributed by atoms with E-state index in [1.165, 1.54) is 74.6 Å². The maximum absolute atomic E-state index is 3.82. The van der Waals surface area contributed by atoms with Crippen LogP contribution in [0.5, 0.6) is 0 Å². The number of hydrogen-bond donors (Lipinski definition) is 1. The van der Waals surface area contributed by atoms with Crippen LogP contribution < -0.4 is 0 Å². The molecule has 2 heteroatoms. The molecule has 2 aromatic heterocycles. The maximum atomic E-state index is 3.82. The van der Waals surface area contributed by atoms with E-state index in [0.717, 1.165) is 0 Å². The first-order valence-electron chi connectivity index (χ1n) is 11.6. The molecular weight excluding hydrogens is 430 g/mol. The molecule has 0 radical (unpaired) electrons. The van der Waals surface area contributed by atoms with Gasteiger partial charge in [0.25, 0.3) is 0 Å². The molecule has 0 bridgehead atoms. The Kier molecular flexibility index (Phi) is 3.60. The van der Waals surface area contributed by atoms with Gasteiger partial charge in [0.15, 0.2) is 0 Å². The van der Waals surface area contributed by atoms with E-state index >= 15 is 0 Å². The van der Waals surface area contributed by atoms with E-state index < -0.39 is 0 Å². The fourth-order valence-electron chi connectivity index (χ4n) is 5.59. The van der Waals surface area contributed by atoms with Gasteiger partial charge < -0.3 is 4.98 Å². The fraction of sp³-hybridized carbons (Fsp3) is 0. The van der Waals surface area contributed by atoms with E-state index in [0.29, 0.717) is 0 Å². The van der Waals surface area contributed by atoms with Gasteiger partial charge in [0.2, 0.25) is 0 Å². The minimum atomic E-state index is 1.19. The normalized spacial score (nSPS) is 12.1. The Morgan fingerprint density at radius 2 is 1.21 bits per heavy atom. The third kappa shape index (κ3) is 2.43. The van der Waals surface area contributed by atoms with Gasteiger partial charge >= 0.3 is 0 Å². The first kappa shape index (κ1) is 18.3. The molecule has 34 heavy (non-hydrogen) atoms. The predicted octanol–water partition coefficient (Wildman–Crippen LogP) is 9.66. The lowest BCUT2D eigenvalue weighted by molar-refractivity contribution is 1.56. The third-order valence-electron chi connectivity index (χ3n) is 7.17. The Morgan fingerprint density at radius 3 is 2.12 bits per heavy atom. The van der Waals surface area contributed by atoms with E-state index in [1.807, 2.05) is 11.3 Å². The average molecular weight is 450 g/mol. The van der Waals surface area contributed by atoms with Gasteiger partial charge in [-0.1, -0.05) is 91.0 Å². The third-order valence-corrected chi connectivity index (χ3v) is 8.37. The molecule has 1 N–H and O–H groups in total. The Balaban J connectivity index is 1.49. The number of nitrogens with one attached hydrogen (secondary N) is 1. The quantitative estimate of drug-likeness (QED) is 0.257. The number of benzene rings is 6. The molecule has 0 aliphatic rings. The molecule has 1 nitrogen and oxygen atoms in total. The van der Waals surface area contributed by atoms with Crippen LogP contribution in [0.15, 0.2) is 109 Å². The summed E-state index contributed by atoms with van der Waals surface area (Å²) in [5.41, 5.74) is 4.90. The van der Waals surface area contributed by atoms with Crippen LogP contribution in [0.3, 0.4) is 0 Å². The van der Waals surface area contributed by atoms with E-state index in [2.05, 4.69) is 114 Å². The van der Waals surface area contributed by atoms with Crippen molar-refractivity contribution in [2.24, 2.45) is 0 Å². The molecular formula is C32H19NS. The Hall–Kier alpha value is -4.14. The molecule has 158 valence electrons. The van der Waals surface area contributed by atoms with Crippen LogP contribution in [0.25, 0.3) is 74.6 Å². The number of aromatic nitrogens is 1. The van der Waals surface area contributed by atoms with Crippen molar-refractivity contribution in [3.8, 4) is 11.1 Å². The second kappa shape index (κ2) is 6.69. The minimum absolute atomic E-state index is 1.19. The van der Waals surface area contributed by atoms with Gasteiger partial charge in [-0.2, -0.15) is 0 Å². The van der Waals surface area contributed by atoms with Crippen molar-refractivity contribution >= 4 is 74.9 Å². The predicted molar refractivity (Wildman–Crippen MR) is 149 cm³/mol. The zero-order valence-corrected chi connectivity index (χ0v) is 19.1. The first-order chi connectivity index (χ1) is 16.8. The van der Waals surface area contributed by atoms with Crippen LogP contribution in [0.1, 0.15) is 0 Å². The zero-order chi connectivity index (χ0) is 22.2. The molecule has 0 fully saturated rings. The number of fused-ring (bicyclic) bond motifs is 11. The summed E-state index contributed by atoms with van der Waals surface area (Å²) in [6.45, 7) is 0. The smallest absolute Gasteiger partial charge is 0.0551 e. The largest absolute Gasteiger partial charge is 0.354 e. The van der Waals surface area contributed by atoms with Gasteiger partial charge in [-0.05, 0) is 40.1 Å². The van der Waals surface area contributed by atoms with Crippen molar-refractivity contribution in [2.45, 2.75) is 0 Å². The topological polar surface area (TPSA) is 15.8 Å². The molecule has 0 amide bonds. The molecule has 8 aromatic rings. The van der Waals surface area contributed by atoms with Crippen molar-refractivity contribution in [2.75, 3.05) is 0 Å². The summed E-state index contributed by atoms with van der Waals surface area (Å²) in [5.74, 6) is 0. The van der Waals surface area contributed by atoms with Gasteiger partial charge in [-0.15, -0.1) is 11.3 Å². The van der Waals surface area contributed by atoms with Gasteiger partial charge in [0.05, 0.1) is 5.52 Å². The van der Waals surface area contributed by atoms with E-state index in [-0.39, 0.29) is 0 Å². The molecule has 0 saturated heterocycles. The Bertz CT molecular complexity index is 2070. The first-order valence-corrected chi connectivity index (χ1v) is 12.4. The van der Waals surface area contributed by atoms with Crippen molar-refractivity contribution in [1.82, 2.24) is 4.98 Å². The summed E-state index contributed by atoms with van der Waals surface area (Å²) >= 11 is 1.91. The van der Waals surface area contributed by atoms with Crippen LogP contribution in [0.4, 0.5) is 0 Å². The summed E-state index contributed by atoms with van der Waals surface area (Å²) in [6.07, 6.45) is 0. The monoisotopic (exact) mass is 449 g/mol. The molecule has 0 unspecified atom stereocenters. The van der Waals surface area contributed by atoms with Crippen molar-refractivity contribution in [3.63, 3.8) is 0 Å². The number of aromatic amines is 1. The SMILES string of the molecule is c1ccc2cc(-c3ccc4c(c3)[nH]c3c5ccccc5c5sc6ccccc6c5c43)ccc2c1. The number of thiophene rings is 1. The molecule has 2 heterocycles. The number of hydrogen-bond acceptors (Lipinski definition) is 1. The van der Waals surface area contributed by atoms with Crippen molar-refractivity contribution < 1.29 is 0 Å². The molecule has 8 rings (SSSR count). The van der Waals surface area contributed by atoms with Gasteiger partial charge in [-0.3, -0.25) is 0 Å². The van der Waals surface area contributed by atoms with E-state index in [9.17, 15) is 0 Å². The lowest BCUT2D eigenvalue weighted by Gasteiger charge is -2.05. The van der Waals surface area contributed by atoms with Crippen LogP contribution >= 0.6 is 11.3 Å². The summed E-state index contributed by atoms with van der Waals surface area (Å²) in [6, 6.07) is 39.8. The number of H-pyrrole nitrogens is 1. The van der Waals surface area contributed by atoms with E-state index in [4.69, 9.17) is 0 Å². The highest BCUT2D eigenvalue weighted by molar-refractivity contribution is 7.27. The summed E-state index contributed by atoms with van der Waals surface area (Å²) < 4.78 is 2.72. The molecule has 0 spiro atoms. The molecule has 0 saturated carbocycles. The lowest BCUT2D eigenvalue weighted by atomic mass is 9.98. The average Bonchev–Trinajstić information content (AvgIpc) is 3.47. The standard InChI is InChI=1S/C32H19NS/c1-2-8-20-17-21(14-13-19(20)7-1)22-15-16-25-27(18-22)33-31-23-9-3-4-10-24(23)32-30(29(25)31)26-11-5-6-12-28(26)34-32/h1-18,33H. The van der Waals surface area contributed by atoms with E-state index in [1.54, 1.807) is 0 Å². The minimum Gasteiger partial charge on any atom is -0.354 e. The van der Waals surface area contributed by atoms with Gasteiger partial charge in [0.1, 0.15) is 0 Å². The van der Waals surface area contributed by atoms with Crippen molar-refractivity contribution in [3.05, 3.63) is 109 Å². The molecule has 0 aliphatic heterocycles. The highest BCUT2D eigenvalue weighted by Crippen LogP contribution is 2.46. The van der Waals surface area contributed by atoms with Gasteiger partial charge in [0, 0.05) is 47.2 Å². The molecule has 0 atom stereocenters. The maximum Gasteiger partial charge on any atom is 0.0551 e. The lowest BCUT2D eigenvalue weighted by Crippen LogP contribution is -1.79. The van der Waals surface area contributed by atoms with Crippen LogP contribution in [-0.4, -0.2) is 4.98 Å². The van der Waals surface area contributed by atoms with Crippen LogP contribution in [-0.2, 0) is 0 Å². The fourth-order valence-corrected chi connectivity index (χ4v) is 6.84. The van der Waals surface area contributed by atoms with Crippen LogP contribution in [0.2, 0.25) is 0 Å². The van der Waals surface area contributed by atoms with Crippen molar-refractivity contribution in [1.29, 1.82) is 0 Å². The summed E-state index contributed by atoms with van der Waals surface area (Å²) in [5, 5.41) is 10.5. The Labute approximate surface area is 199 Å². The zero-order valence-electron chi connectivity index (χ0n) is 18.3. The number of rotatable bonds is 1. The highest BCUT2D eigenvalue weighted by Gasteiger charge is 2.18. The second-order valence-corrected chi connectivity index (χ2v) is 10.1. The molecule has 6 aromatic carbocycles. The summed E-state index contributed by atoms with van der Waals surface area (Å²) in [4.78, 5) is 3.82.